The Hall–Kier alpha value is -0.0800. The Morgan fingerprint density at radius 3 is 2.25 bits per heavy atom. The highest BCUT2D eigenvalue weighted by Crippen LogP contribution is 1.53. The molecule has 2 heteroatoms. The van der Waals surface area contributed by atoms with Gasteiger partial charge in [-0.25, -0.2) is 4.89 Å². The minimum absolute atomic E-state index is 0.264. The zero-order valence-electron chi connectivity index (χ0n) is 2.52. The molecule has 4 heavy (non-hydrogen) atoms. The smallest absolute Gasteiger partial charge is 0.0826 e. The Bertz CT molecular complexity index is 6.00. The highest BCUT2D eigenvalue weighted by molar-refractivity contribution is 3.88. The summed E-state index contributed by atoms with van der Waals surface area (Å²) < 4.78 is 0. The van der Waals surface area contributed by atoms with Gasteiger partial charge in [0, 0.05) is 0 Å². The summed E-state index contributed by atoms with van der Waals surface area (Å²) in [5.74, 6) is 0. The predicted molar refractivity (Wildman–Crippen MR) is 12.3 cm³/mol. The third kappa shape index (κ3) is 1.92. The van der Waals surface area contributed by atoms with E-state index in [0.717, 1.165) is 0 Å². The minimum atomic E-state index is 0.264. The molecule has 0 N–H and O–H groups in total. The maximum Gasteiger partial charge on any atom is 0.0826 e. The zero-order valence-corrected chi connectivity index (χ0v) is 2.52. The summed E-state index contributed by atoms with van der Waals surface area (Å²) in [5, 5.41) is 8.80. The van der Waals surface area contributed by atoms with E-state index in [1.807, 2.05) is 0 Å². The van der Waals surface area contributed by atoms with Crippen molar-refractivity contribution in [3.05, 3.63) is 0 Å². The van der Waals surface area contributed by atoms with E-state index in [1.54, 1.807) is 6.92 Å². The van der Waals surface area contributed by atoms with Crippen LogP contribution in [0.25, 0.3) is 0 Å². The molecule has 0 saturated carbocycles. The molecule has 0 aliphatic rings. The molecule has 0 fully saturated rings. The topological polar surface area (TPSA) is 29.1 Å². The number of hydrogen-bond acceptors (Lipinski definition) is 1. The Morgan fingerprint density at radius 2 is 2.25 bits per heavy atom. The van der Waals surface area contributed by atoms with Crippen LogP contribution in [-0.4, -0.2) is 6.61 Å². The predicted octanol–water partition coefficient (Wildman–Crippen LogP) is 0.368. The first-order chi connectivity index (χ1) is 1.91. The third-order valence-electron chi connectivity index (χ3n) is 0.118. The Balaban J connectivity index is 1.97. The largest absolute Gasteiger partial charge is 0.204 e. The molecule has 0 aliphatic heterocycles. The molecule has 1 radical (unpaired) electrons. The van der Waals surface area contributed by atoms with Crippen molar-refractivity contribution in [2.75, 3.05) is 6.61 Å². The fourth-order valence-electron chi connectivity index (χ4n) is 0. The first kappa shape index (κ1) is 3.92. The van der Waals surface area contributed by atoms with Crippen LogP contribution in [0.4, 0.5) is 0 Å². The Labute approximate surface area is 24.9 Å². The van der Waals surface area contributed by atoms with E-state index in [9.17, 15) is 0 Å². The summed E-state index contributed by atoms with van der Waals surface area (Å²) in [6.07, 6.45) is 0. The van der Waals surface area contributed by atoms with Crippen molar-refractivity contribution in [1.29, 1.82) is 0 Å². The van der Waals surface area contributed by atoms with E-state index < -0.39 is 0 Å². The molecular weight excluding hydrogens is 56.0 g/mol. The second-order valence-corrected chi connectivity index (χ2v) is 0.407. The van der Waals surface area contributed by atoms with Gasteiger partial charge < -0.3 is 0 Å². The van der Waals surface area contributed by atoms with Crippen LogP contribution in [0.2, 0.25) is 0 Å². The highest BCUT2D eigenvalue weighted by Gasteiger charge is 1.57. The van der Waals surface area contributed by atoms with Gasteiger partial charge in [0.1, 0.15) is 0 Å². The summed E-state index contributed by atoms with van der Waals surface area (Å²) in [6, 6.07) is 0. The quantitative estimate of drug-likeness (QED) is 0.318. The molecule has 25 valence electrons. The second-order valence-electron chi connectivity index (χ2n) is 0.407. The SMILES string of the molecule is CCO[O]. The van der Waals surface area contributed by atoms with Crippen molar-refractivity contribution in [3.63, 3.8) is 0 Å². The van der Waals surface area contributed by atoms with Gasteiger partial charge in [-0.1, -0.05) is 0 Å². The molecule has 0 amide bonds. The van der Waals surface area contributed by atoms with E-state index in [1.165, 1.54) is 0 Å². The maximum absolute atomic E-state index is 8.80. The van der Waals surface area contributed by atoms with Gasteiger partial charge >= 0.3 is 0 Å². The van der Waals surface area contributed by atoms with E-state index in [4.69, 9.17) is 5.26 Å². The molecule has 0 bridgehead atoms. The van der Waals surface area contributed by atoms with Gasteiger partial charge in [0.2, 0.25) is 0 Å². The van der Waals surface area contributed by atoms with Gasteiger partial charge in [0.15, 0.2) is 0 Å². The normalized spacial score (nSPS) is 7.50. The Morgan fingerprint density at radius 1 is 2.00 bits per heavy atom. The van der Waals surface area contributed by atoms with Crippen LogP contribution >= 0.6 is 0 Å². The van der Waals surface area contributed by atoms with Crippen molar-refractivity contribution in [2.24, 2.45) is 0 Å². The van der Waals surface area contributed by atoms with E-state index >= 15 is 0 Å². The summed E-state index contributed by atoms with van der Waals surface area (Å²) in [6.45, 7) is 1.91. The lowest BCUT2D eigenvalue weighted by atomic mass is 10.9. The van der Waals surface area contributed by atoms with Crippen LogP contribution in [0.5, 0.6) is 0 Å². The molecule has 0 atom stereocenters. The summed E-state index contributed by atoms with van der Waals surface area (Å²) in [7, 11) is 0. The highest BCUT2D eigenvalue weighted by atomic mass is 17.1. The number of rotatable bonds is 1. The van der Waals surface area contributed by atoms with Crippen molar-refractivity contribution in [1.82, 2.24) is 0 Å². The van der Waals surface area contributed by atoms with Crippen LogP contribution < -0.4 is 0 Å². The fourth-order valence-corrected chi connectivity index (χ4v) is 0. The van der Waals surface area contributed by atoms with Gasteiger partial charge in [-0.2, -0.15) is 0 Å². The third-order valence-corrected chi connectivity index (χ3v) is 0.118. The molecule has 0 aromatic heterocycles. The van der Waals surface area contributed by atoms with Crippen molar-refractivity contribution in [2.45, 2.75) is 6.92 Å². The van der Waals surface area contributed by atoms with Gasteiger partial charge in [-0.05, 0) is 12.2 Å². The summed E-state index contributed by atoms with van der Waals surface area (Å²) in [5.41, 5.74) is 0. The van der Waals surface area contributed by atoms with E-state index in [0.29, 0.717) is 0 Å². The van der Waals surface area contributed by atoms with Gasteiger partial charge in [0.25, 0.3) is 0 Å². The molecule has 0 aromatic rings. The fraction of sp³-hybridized carbons (Fsp3) is 1.00. The zero-order chi connectivity index (χ0) is 3.41. The maximum atomic E-state index is 8.80. The second kappa shape index (κ2) is 2.92. The summed E-state index contributed by atoms with van der Waals surface area (Å²) >= 11 is 0. The van der Waals surface area contributed by atoms with Crippen LogP contribution in [0, 0.1) is 0 Å². The monoisotopic (exact) mass is 61.0 g/mol. The molecule has 0 heterocycles. The molecule has 0 rings (SSSR count). The lowest BCUT2D eigenvalue weighted by Crippen LogP contribution is -1.72. The average molecular weight is 61.1 g/mol. The molecule has 0 unspecified atom stereocenters. The molecule has 0 saturated heterocycles. The number of hydrogen-bond donors (Lipinski definition) is 0. The van der Waals surface area contributed by atoms with Crippen LogP contribution in [-0.2, 0) is 10.1 Å². The van der Waals surface area contributed by atoms with Crippen molar-refractivity contribution >= 4 is 0 Å². The lowest BCUT2D eigenvalue weighted by molar-refractivity contribution is -0.299. The average Bonchev–Trinajstić information content (AvgIpc) is 1.37. The van der Waals surface area contributed by atoms with Crippen LogP contribution in [0.1, 0.15) is 6.92 Å². The van der Waals surface area contributed by atoms with Crippen molar-refractivity contribution < 1.29 is 10.1 Å². The van der Waals surface area contributed by atoms with Gasteiger partial charge in [-0.15, -0.1) is 0 Å². The van der Waals surface area contributed by atoms with E-state index in [2.05, 4.69) is 4.89 Å². The molecule has 0 aromatic carbocycles. The minimum Gasteiger partial charge on any atom is -0.204 e. The summed E-state index contributed by atoms with van der Waals surface area (Å²) in [4.78, 5) is 3.29. The molecule has 2 nitrogen and oxygen atoms in total. The Kier molecular flexibility index (Phi) is 2.86. The lowest BCUT2D eigenvalue weighted by Gasteiger charge is -1.68. The van der Waals surface area contributed by atoms with E-state index in [-0.39, 0.29) is 6.61 Å². The first-order valence-electron chi connectivity index (χ1n) is 1.16. The molecule has 0 spiro atoms. The standard InChI is InChI=1S/C2H5O2/c1-2-4-3/h2H2,1H3. The van der Waals surface area contributed by atoms with Gasteiger partial charge in [-0.3, -0.25) is 0 Å². The first-order valence-corrected chi connectivity index (χ1v) is 1.16. The van der Waals surface area contributed by atoms with Crippen LogP contribution in [0.3, 0.4) is 0 Å². The van der Waals surface area contributed by atoms with Gasteiger partial charge in [0.05, 0.1) is 6.61 Å². The van der Waals surface area contributed by atoms with Crippen LogP contribution in [0.15, 0.2) is 0 Å². The molecular formula is C2H5O2. The molecule has 0 aliphatic carbocycles. The van der Waals surface area contributed by atoms with Crippen molar-refractivity contribution in [3.8, 4) is 0 Å².